The maximum absolute atomic E-state index is 13.4. The number of non-ortho nitro benzene ring substituents is 1. The fraction of sp³-hybridized carbons (Fsp3) is 0.350. The number of rotatable bonds is 6. The third kappa shape index (κ3) is 5.47. The van der Waals surface area contributed by atoms with Crippen molar-refractivity contribution < 1.29 is 22.9 Å². The highest BCUT2D eigenvalue weighted by atomic mass is 19.4. The fourth-order valence-electron chi connectivity index (χ4n) is 3.34. The van der Waals surface area contributed by atoms with Gasteiger partial charge in [0, 0.05) is 50.5 Å². The number of nitrogens with zero attached hydrogens (tertiary/aromatic N) is 3. The minimum atomic E-state index is -4.70. The predicted molar refractivity (Wildman–Crippen MR) is 105 cm³/mol. The summed E-state index contributed by atoms with van der Waals surface area (Å²) < 4.78 is 40.2. The first-order chi connectivity index (χ1) is 14.2. The van der Waals surface area contributed by atoms with E-state index in [1.165, 1.54) is 0 Å². The molecule has 0 bridgehead atoms. The van der Waals surface area contributed by atoms with Crippen LogP contribution >= 0.6 is 0 Å². The summed E-state index contributed by atoms with van der Waals surface area (Å²) in [6.45, 7) is 1.96. The second-order valence-corrected chi connectivity index (χ2v) is 6.98. The molecular weight excluding hydrogens is 401 g/mol. The van der Waals surface area contributed by atoms with Crippen LogP contribution in [0, 0.1) is 10.1 Å². The van der Waals surface area contributed by atoms with E-state index < -0.39 is 22.4 Å². The lowest BCUT2D eigenvalue weighted by molar-refractivity contribution is -0.385. The Bertz CT molecular complexity index is 898. The van der Waals surface area contributed by atoms with E-state index in [1.54, 1.807) is 4.90 Å². The van der Waals surface area contributed by atoms with Gasteiger partial charge < -0.3 is 10.2 Å². The van der Waals surface area contributed by atoms with Gasteiger partial charge in [-0.1, -0.05) is 30.3 Å². The highest BCUT2D eigenvalue weighted by molar-refractivity contribution is 5.78. The average Bonchev–Trinajstić information content (AvgIpc) is 2.72. The molecule has 0 spiro atoms. The molecule has 0 aliphatic carbocycles. The quantitative estimate of drug-likeness (QED) is 0.572. The number of amides is 1. The maximum Gasteiger partial charge on any atom is 0.418 e. The van der Waals surface area contributed by atoms with Crippen LogP contribution in [0.2, 0.25) is 0 Å². The largest absolute Gasteiger partial charge is 0.418 e. The number of carbonyl (C=O) groups is 1. The van der Waals surface area contributed by atoms with Crippen LogP contribution in [0.5, 0.6) is 0 Å². The van der Waals surface area contributed by atoms with Crippen LogP contribution in [-0.2, 0) is 17.5 Å². The van der Waals surface area contributed by atoms with E-state index in [9.17, 15) is 28.1 Å². The Morgan fingerprint density at radius 1 is 1.07 bits per heavy atom. The monoisotopic (exact) mass is 422 g/mol. The normalized spacial score (nSPS) is 15.1. The van der Waals surface area contributed by atoms with Crippen LogP contribution in [0.15, 0.2) is 48.5 Å². The Morgan fingerprint density at radius 3 is 2.33 bits per heavy atom. The van der Waals surface area contributed by atoms with Crippen molar-refractivity contribution in [3.05, 3.63) is 69.8 Å². The molecule has 10 heteroatoms. The fourth-order valence-corrected chi connectivity index (χ4v) is 3.34. The summed E-state index contributed by atoms with van der Waals surface area (Å²) in [5.41, 5.74) is -0.722. The number of alkyl halides is 3. The minimum absolute atomic E-state index is 0.0821. The van der Waals surface area contributed by atoms with Crippen molar-refractivity contribution in [1.82, 2.24) is 10.2 Å². The number of anilines is 1. The van der Waals surface area contributed by atoms with Gasteiger partial charge in [0.15, 0.2) is 0 Å². The number of halogens is 3. The third-order valence-electron chi connectivity index (χ3n) is 4.91. The topological polar surface area (TPSA) is 78.7 Å². The van der Waals surface area contributed by atoms with Gasteiger partial charge in [0.25, 0.3) is 5.69 Å². The molecule has 30 heavy (non-hydrogen) atoms. The predicted octanol–water partition coefficient (Wildman–Crippen LogP) is 3.05. The highest BCUT2D eigenvalue weighted by Gasteiger charge is 2.37. The van der Waals surface area contributed by atoms with Crippen molar-refractivity contribution in [2.24, 2.45) is 0 Å². The third-order valence-corrected chi connectivity index (χ3v) is 4.91. The summed E-state index contributed by atoms with van der Waals surface area (Å²) in [7, 11) is 0. The molecule has 7 nitrogen and oxygen atoms in total. The molecule has 1 aliphatic heterocycles. The molecule has 1 heterocycles. The Balaban J connectivity index is 1.57. The van der Waals surface area contributed by atoms with Gasteiger partial charge in [0.05, 0.1) is 17.0 Å². The van der Waals surface area contributed by atoms with E-state index in [4.69, 9.17) is 0 Å². The molecule has 3 rings (SSSR count). The number of nitro groups is 1. The van der Waals surface area contributed by atoms with Gasteiger partial charge in [-0.05, 0) is 11.6 Å². The lowest BCUT2D eigenvalue weighted by Gasteiger charge is -2.36. The molecule has 0 saturated carbocycles. The van der Waals surface area contributed by atoms with E-state index >= 15 is 0 Å². The first-order valence-corrected chi connectivity index (χ1v) is 9.37. The Morgan fingerprint density at radius 2 is 1.73 bits per heavy atom. The van der Waals surface area contributed by atoms with Crippen molar-refractivity contribution in [1.29, 1.82) is 0 Å². The van der Waals surface area contributed by atoms with Crippen molar-refractivity contribution in [2.75, 3.05) is 37.6 Å². The summed E-state index contributed by atoms with van der Waals surface area (Å²) in [4.78, 5) is 25.6. The van der Waals surface area contributed by atoms with Crippen molar-refractivity contribution in [2.45, 2.75) is 12.7 Å². The number of benzene rings is 2. The first-order valence-electron chi connectivity index (χ1n) is 9.37. The number of nitrogens with one attached hydrogen (secondary N) is 1. The summed E-state index contributed by atoms with van der Waals surface area (Å²) in [5, 5.41) is 13.7. The van der Waals surface area contributed by atoms with Crippen LogP contribution in [0.3, 0.4) is 0 Å². The molecule has 160 valence electrons. The highest BCUT2D eigenvalue weighted by Crippen LogP contribution is 2.39. The average molecular weight is 422 g/mol. The van der Waals surface area contributed by atoms with Gasteiger partial charge in [0.1, 0.15) is 0 Å². The van der Waals surface area contributed by atoms with Gasteiger partial charge in [-0.15, -0.1) is 0 Å². The lowest BCUT2D eigenvalue weighted by atomic mass is 10.1. The molecule has 0 radical (unpaired) electrons. The van der Waals surface area contributed by atoms with Crippen LogP contribution in [0.1, 0.15) is 11.1 Å². The number of carbonyl (C=O) groups excluding carboxylic acids is 1. The standard InChI is InChI=1S/C20H21F3N4O3/c21-20(22,23)17-12-16(27(29)30)6-7-18(17)26-10-8-25(9-11-26)14-19(28)24-13-15-4-2-1-3-5-15/h1-7,12H,8-11,13-14H2,(H,24,28). The molecule has 0 aromatic heterocycles. The molecule has 1 fully saturated rings. The molecule has 1 N–H and O–H groups in total. The van der Waals surface area contributed by atoms with Crippen LogP contribution < -0.4 is 10.2 Å². The second kappa shape index (κ2) is 9.12. The first kappa shape index (κ1) is 21.6. The number of hydrogen-bond donors (Lipinski definition) is 1. The summed E-state index contributed by atoms with van der Waals surface area (Å²) in [6.07, 6.45) is -4.70. The van der Waals surface area contributed by atoms with Gasteiger partial charge in [-0.2, -0.15) is 13.2 Å². The van der Waals surface area contributed by atoms with Crippen LogP contribution in [0.25, 0.3) is 0 Å². The number of hydrogen-bond acceptors (Lipinski definition) is 5. The molecule has 2 aromatic rings. The lowest BCUT2D eigenvalue weighted by Crippen LogP contribution is -2.49. The van der Waals surface area contributed by atoms with Crippen molar-refractivity contribution >= 4 is 17.3 Å². The van der Waals surface area contributed by atoms with E-state index in [0.29, 0.717) is 25.7 Å². The zero-order chi connectivity index (χ0) is 21.7. The molecule has 1 aliphatic rings. The summed E-state index contributed by atoms with van der Waals surface area (Å²) in [6, 6.07) is 12.3. The molecule has 1 saturated heterocycles. The van der Waals surface area contributed by atoms with Crippen molar-refractivity contribution in [3.63, 3.8) is 0 Å². The molecule has 0 unspecified atom stereocenters. The van der Waals surface area contributed by atoms with Gasteiger partial charge in [-0.25, -0.2) is 0 Å². The van der Waals surface area contributed by atoms with Crippen LogP contribution in [-0.4, -0.2) is 48.5 Å². The molecule has 2 aromatic carbocycles. The Hall–Kier alpha value is -3.14. The van der Waals surface area contributed by atoms with Gasteiger partial charge in [-0.3, -0.25) is 19.8 Å². The smallest absolute Gasteiger partial charge is 0.368 e. The van der Waals surface area contributed by atoms with E-state index in [2.05, 4.69) is 5.32 Å². The maximum atomic E-state index is 13.4. The SMILES string of the molecule is O=C(CN1CCN(c2ccc([N+](=O)[O-])cc2C(F)(F)F)CC1)NCc1ccccc1. The minimum Gasteiger partial charge on any atom is -0.368 e. The van der Waals surface area contributed by atoms with E-state index in [-0.39, 0.29) is 31.2 Å². The van der Waals surface area contributed by atoms with E-state index in [1.807, 2.05) is 35.2 Å². The number of nitro benzene ring substituents is 1. The zero-order valence-corrected chi connectivity index (χ0v) is 16.1. The van der Waals surface area contributed by atoms with Gasteiger partial charge >= 0.3 is 6.18 Å². The molecule has 0 atom stereocenters. The zero-order valence-electron chi connectivity index (χ0n) is 16.1. The molecular formula is C20H21F3N4O3. The molecule has 1 amide bonds. The van der Waals surface area contributed by atoms with Crippen LogP contribution in [0.4, 0.5) is 24.5 Å². The second-order valence-electron chi connectivity index (χ2n) is 6.98. The Kier molecular flexibility index (Phi) is 6.56. The Labute approximate surface area is 171 Å². The summed E-state index contributed by atoms with van der Waals surface area (Å²) in [5.74, 6) is -0.154. The van der Waals surface area contributed by atoms with E-state index in [0.717, 1.165) is 17.7 Å². The van der Waals surface area contributed by atoms with Gasteiger partial charge in [0.2, 0.25) is 5.91 Å². The summed E-state index contributed by atoms with van der Waals surface area (Å²) >= 11 is 0. The number of piperazine rings is 1. The van der Waals surface area contributed by atoms with Crippen molar-refractivity contribution in [3.8, 4) is 0 Å².